The predicted octanol–water partition coefficient (Wildman–Crippen LogP) is 4.38. The van der Waals surface area contributed by atoms with Gasteiger partial charge in [-0.2, -0.15) is 4.08 Å². The summed E-state index contributed by atoms with van der Waals surface area (Å²) in [4.78, 5) is 12.6. The first-order chi connectivity index (χ1) is 12.6. The topological polar surface area (TPSA) is 60.5 Å². The number of para-hydroxylation sites is 1. The molecular weight excluding hydrogens is 407 g/mol. The molecule has 0 bridgehead atoms. The second-order valence-corrected chi connectivity index (χ2v) is 11.9. The number of amides is 1. The fourth-order valence-corrected chi connectivity index (χ4v) is 7.14. The SMILES string of the molecule is CC(C)N(SN(C)C(=O)Oc1cccc2c1OC(C)(C)C2)P1(=S)OCCO1. The van der Waals surface area contributed by atoms with Crippen molar-refractivity contribution in [1.82, 2.24) is 8.38 Å². The van der Waals surface area contributed by atoms with Gasteiger partial charge < -0.3 is 18.5 Å². The highest BCUT2D eigenvalue weighted by Gasteiger charge is 2.38. The van der Waals surface area contributed by atoms with Crippen molar-refractivity contribution in [1.29, 1.82) is 0 Å². The van der Waals surface area contributed by atoms with E-state index >= 15 is 0 Å². The number of nitrogens with zero attached hydrogens (tertiary/aromatic N) is 2. The van der Waals surface area contributed by atoms with Crippen LogP contribution in [0.2, 0.25) is 0 Å². The smallest absolute Gasteiger partial charge is 0.426 e. The first-order valence-corrected chi connectivity index (χ1v) is 12.1. The molecule has 7 nitrogen and oxygen atoms in total. The van der Waals surface area contributed by atoms with Crippen LogP contribution in [-0.2, 0) is 27.3 Å². The van der Waals surface area contributed by atoms with Crippen LogP contribution >= 0.6 is 18.8 Å². The molecule has 2 aliphatic heterocycles. The lowest BCUT2D eigenvalue weighted by Crippen LogP contribution is -2.31. The van der Waals surface area contributed by atoms with Gasteiger partial charge in [0.05, 0.1) is 25.3 Å². The van der Waals surface area contributed by atoms with Crippen LogP contribution in [0.15, 0.2) is 18.2 Å². The number of hydrogen-bond acceptors (Lipinski definition) is 7. The molecule has 0 unspecified atom stereocenters. The minimum Gasteiger partial charge on any atom is -0.483 e. The molecule has 1 fully saturated rings. The Morgan fingerprint density at radius 2 is 2.00 bits per heavy atom. The zero-order chi connectivity index (χ0) is 19.8. The molecule has 2 aliphatic rings. The average Bonchev–Trinajstić information content (AvgIpc) is 3.15. The second kappa shape index (κ2) is 7.89. The number of benzene rings is 1. The van der Waals surface area contributed by atoms with Crippen molar-refractivity contribution in [3.8, 4) is 11.5 Å². The third-order valence-corrected chi connectivity index (χ3v) is 9.27. The normalized spacial score (nSPS) is 19.8. The van der Waals surface area contributed by atoms with Crippen LogP contribution in [-0.4, -0.2) is 46.4 Å². The number of fused-ring (bicyclic) bond motifs is 1. The Labute approximate surface area is 169 Å². The van der Waals surface area contributed by atoms with Crippen molar-refractivity contribution >= 4 is 36.7 Å². The van der Waals surface area contributed by atoms with Gasteiger partial charge in [-0.3, -0.25) is 0 Å². The maximum absolute atomic E-state index is 12.6. The van der Waals surface area contributed by atoms with E-state index in [1.807, 2.05) is 43.9 Å². The fraction of sp³-hybridized carbons (Fsp3) is 0.588. The number of carbonyl (C=O) groups is 1. The summed E-state index contributed by atoms with van der Waals surface area (Å²) in [5, 5.41) is 0. The van der Waals surface area contributed by atoms with Crippen molar-refractivity contribution in [3.05, 3.63) is 23.8 Å². The number of ether oxygens (including phenoxy) is 2. The third kappa shape index (κ3) is 4.60. The number of hydrogen-bond donors (Lipinski definition) is 0. The molecule has 150 valence electrons. The molecule has 0 radical (unpaired) electrons. The molecule has 10 heteroatoms. The van der Waals surface area contributed by atoms with Crippen LogP contribution in [0.1, 0.15) is 33.3 Å². The van der Waals surface area contributed by atoms with E-state index in [0.29, 0.717) is 24.7 Å². The summed E-state index contributed by atoms with van der Waals surface area (Å²) in [7, 11) is 1.63. The van der Waals surface area contributed by atoms with Gasteiger partial charge >= 0.3 is 6.09 Å². The number of rotatable bonds is 5. The van der Waals surface area contributed by atoms with Crippen molar-refractivity contribution in [2.45, 2.75) is 45.8 Å². The summed E-state index contributed by atoms with van der Waals surface area (Å²) in [6, 6.07) is 5.62. The van der Waals surface area contributed by atoms with Crippen LogP contribution in [0.5, 0.6) is 11.5 Å². The Kier molecular flexibility index (Phi) is 6.11. The first kappa shape index (κ1) is 20.9. The molecule has 27 heavy (non-hydrogen) atoms. The monoisotopic (exact) mass is 432 g/mol. The minimum absolute atomic E-state index is 0.0271. The zero-order valence-electron chi connectivity index (χ0n) is 16.1. The molecule has 2 heterocycles. The standard InChI is InChI=1S/C17H25N2O5PS2/c1-12(2)19(25(26)21-9-10-22-25)27-18(5)16(20)23-14-8-6-7-13-11-17(3,4)24-15(13)14/h6-8,12H,9-11H2,1-5H3. The predicted molar refractivity (Wildman–Crippen MR) is 109 cm³/mol. The molecule has 1 amide bonds. The Balaban J connectivity index is 1.70. The lowest BCUT2D eigenvalue weighted by molar-refractivity contribution is 0.131. The van der Waals surface area contributed by atoms with Gasteiger partial charge in [0.15, 0.2) is 11.5 Å². The average molecular weight is 433 g/mol. The van der Waals surface area contributed by atoms with E-state index in [1.165, 1.54) is 4.31 Å². The molecule has 0 saturated carbocycles. The summed E-state index contributed by atoms with van der Waals surface area (Å²) in [5.41, 5.74) is 0.726. The molecule has 1 saturated heterocycles. The van der Waals surface area contributed by atoms with Gasteiger partial charge in [0.1, 0.15) is 5.60 Å². The lowest BCUT2D eigenvalue weighted by atomic mass is 10.0. The molecule has 0 spiro atoms. The van der Waals surface area contributed by atoms with Crippen molar-refractivity contribution in [2.24, 2.45) is 0 Å². The summed E-state index contributed by atoms with van der Waals surface area (Å²) >= 11 is 6.72. The van der Waals surface area contributed by atoms with Gasteiger partial charge in [-0.1, -0.05) is 12.1 Å². The van der Waals surface area contributed by atoms with Crippen LogP contribution in [0.25, 0.3) is 0 Å². The highest BCUT2D eigenvalue weighted by molar-refractivity contribution is 8.15. The van der Waals surface area contributed by atoms with Gasteiger partial charge in [0.2, 0.25) is 0 Å². The summed E-state index contributed by atoms with van der Waals surface area (Å²) in [6.07, 6.45) is 0.255. The highest BCUT2D eigenvalue weighted by Crippen LogP contribution is 2.60. The molecule has 0 atom stereocenters. The maximum atomic E-state index is 12.6. The zero-order valence-corrected chi connectivity index (χ0v) is 18.7. The lowest BCUT2D eigenvalue weighted by Gasteiger charge is -2.33. The number of carbonyl (C=O) groups excluding carboxylic acids is 1. The summed E-state index contributed by atoms with van der Waals surface area (Å²) in [5.74, 6) is 1.05. The van der Waals surface area contributed by atoms with E-state index in [2.05, 4.69) is 0 Å². The van der Waals surface area contributed by atoms with E-state index in [9.17, 15) is 4.79 Å². The van der Waals surface area contributed by atoms with Gasteiger partial charge in [-0.25, -0.2) is 9.10 Å². The summed E-state index contributed by atoms with van der Waals surface area (Å²) in [6.45, 7) is 6.33. The van der Waals surface area contributed by atoms with E-state index in [4.69, 9.17) is 30.3 Å². The van der Waals surface area contributed by atoms with Crippen LogP contribution in [0, 0.1) is 0 Å². The Hall–Kier alpha value is -0.830. The van der Waals surface area contributed by atoms with Gasteiger partial charge in [0.25, 0.3) is 6.64 Å². The maximum Gasteiger partial charge on any atom is 0.426 e. The fourth-order valence-electron chi connectivity index (χ4n) is 2.86. The molecular formula is C17H25N2O5PS2. The van der Waals surface area contributed by atoms with Gasteiger partial charge in [-0.15, -0.1) is 0 Å². The van der Waals surface area contributed by atoms with Crippen LogP contribution in [0.4, 0.5) is 4.79 Å². The minimum atomic E-state index is -2.59. The first-order valence-electron chi connectivity index (χ1n) is 8.75. The van der Waals surface area contributed by atoms with Gasteiger partial charge in [-0.05, 0) is 45.6 Å². The van der Waals surface area contributed by atoms with E-state index in [-0.39, 0.29) is 11.6 Å². The van der Waals surface area contributed by atoms with E-state index in [1.54, 1.807) is 13.1 Å². The molecule has 3 rings (SSSR count). The Morgan fingerprint density at radius 3 is 2.63 bits per heavy atom. The molecule has 1 aromatic carbocycles. The van der Waals surface area contributed by atoms with Crippen LogP contribution in [0.3, 0.4) is 0 Å². The van der Waals surface area contributed by atoms with Crippen molar-refractivity contribution in [3.63, 3.8) is 0 Å². The highest BCUT2D eigenvalue weighted by atomic mass is 32.5. The molecule has 0 N–H and O–H groups in total. The third-order valence-electron chi connectivity index (χ3n) is 3.99. The van der Waals surface area contributed by atoms with Crippen molar-refractivity contribution < 1.29 is 23.3 Å². The second-order valence-electron chi connectivity index (χ2n) is 7.26. The summed E-state index contributed by atoms with van der Waals surface area (Å²) < 4.78 is 26.1. The van der Waals surface area contributed by atoms with E-state index < -0.39 is 12.7 Å². The largest absolute Gasteiger partial charge is 0.483 e. The Morgan fingerprint density at radius 1 is 1.33 bits per heavy atom. The molecule has 0 aromatic heterocycles. The van der Waals surface area contributed by atoms with Crippen molar-refractivity contribution in [2.75, 3.05) is 20.3 Å². The molecule has 1 aromatic rings. The molecule has 0 aliphatic carbocycles. The Bertz CT molecular complexity index is 764. The van der Waals surface area contributed by atoms with Gasteiger partial charge in [0, 0.05) is 25.1 Å². The van der Waals surface area contributed by atoms with Crippen LogP contribution < -0.4 is 9.47 Å². The quantitative estimate of drug-likeness (QED) is 0.502. The van der Waals surface area contributed by atoms with E-state index in [0.717, 1.165) is 24.1 Å².